The van der Waals surface area contributed by atoms with Crippen molar-refractivity contribution >= 4 is 34.7 Å². The second-order valence-electron chi connectivity index (χ2n) is 4.98. The fourth-order valence-electron chi connectivity index (χ4n) is 2.19. The molecular formula is C16H17Cl2N3O2. The molecular weight excluding hydrogens is 337 g/mol. The third-order valence-electron chi connectivity index (χ3n) is 3.20. The highest BCUT2D eigenvalue weighted by atomic mass is 35.5. The Bertz CT molecular complexity index is 719. The molecule has 0 saturated heterocycles. The van der Waals surface area contributed by atoms with Gasteiger partial charge < -0.3 is 10.1 Å². The largest absolute Gasteiger partial charge is 0.497 e. The van der Waals surface area contributed by atoms with Gasteiger partial charge in [0.15, 0.2) is 6.17 Å². The molecule has 0 aliphatic heterocycles. The molecule has 1 N–H and O–H groups in total. The second-order valence-corrected chi connectivity index (χ2v) is 5.99. The Morgan fingerprint density at radius 1 is 1.30 bits per heavy atom. The summed E-state index contributed by atoms with van der Waals surface area (Å²) in [5, 5.41) is 7.50. The summed E-state index contributed by atoms with van der Waals surface area (Å²) in [6.45, 7) is 3.74. The zero-order valence-corrected chi connectivity index (χ0v) is 14.5. The number of nitrogens with zero attached hydrogens (tertiary/aromatic N) is 2. The minimum Gasteiger partial charge on any atom is -0.497 e. The summed E-state index contributed by atoms with van der Waals surface area (Å²) in [5.41, 5.74) is 2.41. The monoisotopic (exact) mass is 353 g/mol. The third-order valence-corrected chi connectivity index (χ3v) is 3.42. The van der Waals surface area contributed by atoms with E-state index in [0.717, 1.165) is 22.8 Å². The van der Waals surface area contributed by atoms with Gasteiger partial charge in [-0.05, 0) is 44.2 Å². The molecule has 23 heavy (non-hydrogen) atoms. The molecule has 1 aromatic heterocycles. The van der Waals surface area contributed by atoms with E-state index >= 15 is 0 Å². The van der Waals surface area contributed by atoms with Crippen LogP contribution in [-0.4, -0.2) is 22.7 Å². The van der Waals surface area contributed by atoms with Crippen LogP contribution in [0.4, 0.5) is 5.69 Å². The first-order chi connectivity index (χ1) is 10.9. The average Bonchev–Trinajstić information content (AvgIpc) is 2.83. The van der Waals surface area contributed by atoms with Gasteiger partial charge in [-0.3, -0.25) is 4.79 Å². The maximum atomic E-state index is 12.4. The van der Waals surface area contributed by atoms with E-state index in [1.54, 1.807) is 23.9 Å². The van der Waals surface area contributed by atoms with Gasteiger partial charge in [-0.1, -0.05) is 23.2 Å². The highest BCUT2D eigenvalue weighted by Gasteiger charge is 2.21. The van der Waals surface area contributed by atoms with Gasteiger partial charge in [0.2, 0.25) is 5.78 Å². The number of carbonyl (C=O) groups is 1. The van der Waals surface area contributed by atoms with E-state index in [0.29, 0.717) is 0 Å². The standard InChI is InChI=1S/C16H17Cl2N3O2/c1-10-8-11(2)21(20-10)16(14(22)9-15(17)18)19-12-4-6-13(23-3)7-5-12/h4-9,16,19H,1-3H3. The number of aromatic nitrogens is 2. The number of rotatable bonds is 6. The number of halogens is 2. The fourth-order valence-corrected chi connectivity index (χ4v) is 2.41. The molecule has 122 valence electrons. The van der Waals surface area contributed by atoms with E-state index < -0.39 is 6.17 Å². The normalized spacial score (nSPS) is 11.7. The molecule has 0 spiro atoms. The minimum absolute atomic E-state index is 0.0990. The van der Waals surface area contributed by atoms with Crippen molar-refractivity contribution in [3.05, 3.63) is 52.3 Å². The Morgan fingerprint density at radius 2 is 1.96 bits per heavy atom. The first kappa shape index (κ1) is 17.4. The van der Waals surface area contributed by atoms with Crippen LogP contribution in [0.3, 0.4) is 0 Å². The number of hydrogen-bond acceptors (Lipinski definition) is 4. The van der Waals surface area contributed by atoms with Crippen LogP contribution >= 0.6 is 23.2 Å². The number of methoxy groups -OCH3 is 1. The Morgan fingerprint density at radius 3 is 2.43 bits per heavy atom. The zero-order valence-electron chi connectivity index (χ0n) is 13.0. The predicted octanol–water partition coefficient (Wildman–Crippen LogP) is 4.01. The number of ether oxygens (including phenoxy) is 1. The number of aryl methyl sites for hydroxylation is 2. The highest BCUT2D eigenvalue weighted by Crippen LogP contribution is 2.21. The Kier molecular flexibility index (Phi) is 5.69. The summed E-state index contributed by atoms with van der Waals surface area (Å²) >= 11 is 11.2. The van der Waals surface area contributed by atoms with Crippen LogP contribution in [-0.2, 0) is 4.79 Å². The molecule has 0 aliphatic rings. The predicted molar refractivity (Wildman–Crippen MR) is 92.2 cm³/mol. The topological polar surface area (TPSA) is 56.1 Å². The summed E-state index contributed by atoms with van der Waals surface area (Å²) in [4.78, 5) is 12.4. The highest BCUT2D eigenvalue weighted by molar-refractivity contribution is 6.56. The molecule has 0 aliphatic carbocycles. The number of benzene rings is 1. The van der Waals surface area contributed by atoms with Crippen LogP contribution in [0.2, 0.25) is 0 Å². The van der Waals surface area contributed by atoms with Gasteiger partial charge in [-0.15, -0.1) is 0 Å². The van der Waals surface area contributed by atoms with Crippen molar-refractivity contribution in [3.8, 4) is 5.75 Å². The van der Waals surface area contributed by atoms with E-state index in [1.807, 2.05) is 32.0 Å². The van der Waals surface area contributed by atoms with Crippen molar-refractivity contribution in [1.29, 1.82) is 0 Å². The number of anilines is 1. The van der Waals surface area contributed by atoms with E-state index in [4.69, 9.17) is 27.9 Å². The number of nitrogens with one attached hydrogen (secondary N) is 1. The molecule has 1 unspecified atom stereocenters. The average molecular weight is 354 g/mol. The molecule has 0 radical (unpaired) electrons. The van der Waals surface area contributed by atoms with Crippen LogP contribution in [0, 0.1) is 13.8 Å². The molecule has 1 aromatic carbocycles. The van der Waals surface area contributed by atoms with E-state index in [2.05, 4.69) is 10.4 Å². The van der Waals surface area contributed by atoms with Crippen LogP contribution in [0.25, 0.3) is 0 Å². The lowest BCUT2D eigenvalue weighted by Crippen LogP contribution is -2.27. The van der Waals surface area contributed by atoms with Gasteiger partial charge in [0, 0.05) is 17.5 Å². The summed E-state index contributed by atoms with van der Waals surface area (Å²) in [7, 11) is 1.60. The van der Waals surface area contributed by atoms with Crippen molar-refractivity contribution < 1.29 is 9.53 Å². The molecule has 0 bridgehead atoms. The molecule has 7 heteroatoms. The van der Waals surface area contributed by atoms with Gasteiger partial charge in [0.25, 0.3) is 0 Å². The molecule has 1 atom stereocenters. The SMILES string of the molecule is COc1ccc(NC(C(=O)C=C(Cl)Cl)n2nc(C)cc2C)cc1. The van der Waals surface area contributed by atoms with Gasteiger partial charge in [-0.2, -0.15) is 5.10 Å². The van der Waals surface area contributed by atoms with Crippen molar-refractivity contribution in [2.24, 2.45) is 0 Å². The van der Waals surface area contributed by atoms with E-state index in [1.165, 1.54) is 6.08 Å². The van der Waals surface area contributed by atoms with E-state index in [-0.39, 0.29) is 10.3 Å². The molecule has 0 amide bonds. The summed E-state index contributed by atoms with van der Waals surface area (Å²) in [6, 6.07) is 9.13. The van der Waals surface area contributed by atoms with Gasteiger partial charge >= 0.3 is 0 Å². The molecule has 2 aromatic rings. The summed E-state index contributed by atoms with van der Waals surface area (Å²) in [6.07, 6.45) is 0.422. The van der Waals surface area contributed by atoms with Crippen molar-refractivity contribution in [2.75, 3.05) is 12.4 Å². The van der Waals surface area contributed by atoms with Crippen LogP contribution in [0.15, 0.2) is 40.9 Å². The number of carbonyl (C=O) groups excluding carboxylic acids is 1. The van der Waals surface area contributed by atoms with Crippen LogP contribution < -0.4 is 10.1 Å². The Balaban J connectivity index is 2.34. The molecule has 1 heterocycles. The lowest BCUT2D eigenvalue weighted by Gasteiger charge is -2.19. The van der Waals surface area contributed by atoms with Crippen molar-refractivity contribution in [3.63, 3.8) is 0 Å². The van der Waals surface area contributed by atoms with Crippen LogP contribution in [0.5, 0.6) is 5.75 Å². The number of ketones is 1. The molecule has 5 nitrogen and oxygen atoms in total. The zero-order chi connectivity index (χ0) is 17.0. The van der Waals surface area contributed by atoms with Gasteiger partial charge in [0.1, 0.15) is 10.2 Å². The third kappa shape index (κ3) is 4.50. The Labute approximate surface area is 144 Å². The van der Waals surface area contributed by atoms with Gasteiger partial charge in [-0.25, -0.2) is 4.68 Å². The van der Waals surface area contributed by atoms with Crippen molar-refractivity contribution in [2.45, 2.75) is 20.0 Å². The van der Waals surface area contributed by atoms with E-state index in [9.17, 15) is 4.79 Å². The lowest BCUT2D eigenvalue weighted by molar-refractivity contribution is -0.117. The Hall–Kier alpha value is -1.98. The summed E-state index contributed by atoms with van der Waals surface area (Å²) < 4.78 is 6.63. The first-order valence-corrected chi connectivity index (χ1v) is 7.66. The molecule has 0 saturated carbocycles. The maximum Gasteiger partial charge on any atom is 0.202 e. The second kappa shape index (κ2) is 7.53. The fraction of sp³-hybridized carbons (Fsp3) is 0.250. The maximum absolute atomic E-state index is 12.4. The molecule has 0 fully saturated rings. The summed E-state index contributed by atoms with van der Waals surface area (Å²) in [5.74, 6) is 0.431. The quantitative estimate of drug-likeness (QED) is 0.797. The van der Waals surface area contributed by atoms with Gasteiger partial charge in [0.05, 0.1) is 12.8 Å². The first-order valence-electron chi connectivity index (χ1n) is 6.90. The van der Waals surface area contributed by atoms with Crippen molar-refractivity contribution in [1.82, 2.24) is 9.78 Å². The smallest absolute Gasteiger partial charge is 0.202 e. The number of hydrogen-bond donors (Lipinski definition) is 1. The lowest BCUT2D eigenvalue weighted by atomic mass is 10.2. The van der Waals surface area contributed by atoms with Crippen LogP contribution in [0.1, 0.15) is 17.6 Å². The minimum atomic E-state index is -0.746. The molecule has 2 rings (SSSR count).